The Kier molecular flexibility index (Phi) is 3.57. The van der Waals surface area contributed by atoms with Crippen molar-refractivity contribution in [1.82, 2.24) is 9.88 Å². The zero-order chi connectivity index (χ0) is 14.9. The van der Waals surface area contributed by atoms with E-state index in [0.29, 0.717) is 17.7 Å². The Bertz CT molecular complexity index is 695. The summed E-state index contributed by atoms with van der Waals surface area (Å²) in [6.07, 6.45) is 7.48. The van der Waals surface area contributed by atoms with Crippen LogP contribution in [0.2, 0.25) is 0 Å². The van der Waals surface area contributed by atoms with Crippen LogP contribution in [0.25, 0.3) is 10.9 Å². The Hall–Kier alpha value is -1.90. The summed E-state index contributed by atoms with van der Waals surface area (Å²) in [5.74, 6) is 0.842. The van der Waals surface area contributed by atoms with Gasteiger partial charge in [0.15, 0.2) is 0 Å². The second-order valence-corrected chi connectivity index (χ2v) is 6.64. The van der Waals surface area contributed by atoms with Crippen LogP contribution in [-0.2, 0) is 0 Å². The van der Waals surface area contributed by atoms with Crippen molar-refractivity contribution < 1.29 is 4.79 Å². The van der Waals surface area contributed by atoms with Crippen LogP contribution >= 0.6 is 0 Å². The lowest BCUT2D eigenvalue weighted by atomic mass is 9.78. The average molecular weight is 294 g/mol. The number of fused-ring (bicyclic) bond motifs is 2. The van der Waals surface area contributed by atoms with E-state index in [1.807, 2.05) is 36.4 Å². The second kappa shape index (κ2) is 5.71. The maximum absolute atomic E-state index is 13.0. The summed E-state index contributed by atoms with van der Waals surface area (Å²) in [5.41, 5.74) is 1.51. The van der Waals surface area contributed by atoms with Crippen LogP contribution in [0.5, 0.6) is 0 Å². The molecule has 114 valence electrons. The van der Waals surface area contributed by atoms with Crippen molar-refractivity contribution in [2.75, 3.05) is 6.54 Å². The number of carbonyl (C=O) groups is 1. The number of nitrogens with zero attached hydrogens (tertiary/aromatic N) is 2. The summed E-state index contributed by atoms with van der Waals surface area (Å²) in [5, 5.41) is 1.09. The summed E-state index contributed by atoms with van der Waals surface area (Å²) in [7, 11) is 0. The van der Waals surface area contributed by atoms with Gasteiger partial charge in [-0.1, -0.05) is 37.1 Å². The van der Waals surface area contributed by atoms with E-state index in [1.165, 1.54) is 32.1 Å². The van der Waals surface area contributed by atoms with Crippen LogP contribution in [0.4, 0.5) is 0 Å². The highest BCUT2D eigenvalue weighted by molar-refractivity contribution is 5.95. The van der Waals surface area contributed by atoms with Gasteiger partial charge in [0.05, 0.1) is 5.52 Å². The predicted octanol–water partition coefficient (Wildman–Crippen LogP) is 4.03. The van der Waals surface area contributed by atoms with Gasteiger partial charge in [0.25, 0.3) is 5.91 Å². The molecule has 1 amide bonds. The summed E-state index contributed by atoms with van der Waals surface area (Å²) >= 11 is 0. The highest BCUT2D eigenvalue weighted by atomic mass is 16.2. The first-order chi connectivity index (χ1) is 10.8. The smallest absolute Gasteiger partial charge is 0.272 e. The van der Waals surface area contributed by atoms with Gasteiger partial charge in [-0.3, -0.25) is 4.79 Å². The van der Waals surface area contributed by atoms with Crippen molar-refractivity contribution in [3.05, 3.63) is 42.1 Å². The number of carbonyl (C=O) groups excluding carboxylic acids is 1. The minimum Gasteiger partial charge on any atom is -0.334 e. The van der Waals surface area contributed by atoms with Crippen molar-refractivity contribution in [2.45, 2.75) is 44.6 Å². The van der Waals surface area contributed by atoms with E-state index < -0.39 is 0 Å². The minimum absolute atomic E-state index is 0.127. The third-order valence-corrected chi connectivity index (χ3v) is 5.32. The van der Waals surface area contributed by atoms with Gasteiger partial charge in [0, 0.05) is 18.0 Å². The quantitative estimate of drug-likeness (QED) is 0.795. The van der Waals surface area contributed by atoms with E-state index >= 15 is 0 Å². The Morgan fingerprint density at radius 2 is 1.82 bits per heavy atom. The lowest BCUT2D eigenvalue weighted by Crippen LogP contribution is -2.49. The molecule has 0 spiro atoms. The molecule has 1 saturated heterocycles. The molecule has 22 heavy (non-hydrogen) atoms. The standard InChI is InChI=1S/C19H22N2O/c22-19(17-12-11-14-6-1-3-9-16(14)20-17)21-13-5-8-15-7-2-4-10-18(15)21/h1,3,6,9,11-12,15,18H,2,4-5,7-8,10,13H2/t15-,18+/m1/s1. The number of benzene rings is 1. The van der Waals surface area contributed by atoms with Gasteiger partial charge in [0.1, 0.15) is 5.69 Å². The topological polar surface area (TPSA) is 33.2 Å². The molecule has 1 aromatic carbocycles. The molecule has 4 rings (SSSR count). The Labute approximate surface area is 131 Å². The van der Waals surface area contributed by atoms with Gasteiger partial charge in [-0.25, -0.2) is 4.98 Å². The maximum atomic E-state index is 13.0. The predicted molar refractivity (Wildman–Crippen MR) is 87.8 cm³/mol. The van der Waals surface area contributed by atoms with Gasteiger partial charge in [-0.15, -0.1) is 0 Å². The highest BCUT2D eigenvalue weighted by Crippen LogP contribution is 2.35. The first-order valence-electron chi connectivity index (χ1n) is 8.50. The number of hydrogen-bond acceptors (Lipinski definition) is 2. The molecular weight excluding hydrogens is 272 g/mol. The number of piperidine rings is 1. The molecular formula is C19H22N2O. The van der Waals surface area contributed by atoms with E-state index in [4.69, 9.17) is 0 Å². The fourth-order valence-corrected chi connectivity index (χ4v) is 4.21. The van der Waals surface area contributed by atoms with Crippen LogP contribution in [0, 0.1) is 5.92 Å². The number of para-hydroxylation sites is 1. The fraction of sp³-hybridized carbons (Fsp3) is 0.474. The Morgan fingerprint density at radius 3 is 2.77 bits per heavy atom. The van der Waals surface area contributed by atoms with Gasteiger partial charge in [-0.2, -0.15) is 0 Å². The molecule has 0 bridgehead atoms. The summed E-state index contributed by atoms with van der Waals surface area (Å²) in [6, 6.07) is 12.3. The summed E-state index contributed by atoms with van der Waals surface area (Å²) < 4.78 is 0. The molecule has 0 unspecified atom stereocenters. The van der Waals surface area contributed by atoms with Crippen molar-refractivity contribution in [2.24, 2.45) is 5.92 Å². The van der Waals surface area contributed by atoms with Gasteiger partial charge in [-0.05, 0) is 43.7 Å². The van der Waals surface area contributed by atoms with Crippen molar-refractivity contribution >= 4 is 16.8 Å². The van der Waals surface area contributed by atoms with Crippen LogP contribution in [0.15, 0.2) is 36.4 Å². The molecule has 3 heteroatoms. The maximum Gasteiger partial charge on any atom is 0.272 e. The SMILES string of the molecule is O=C(c1ccc2ccccc2n1)N1CCC[C@H]2CCCC[C@@H]21. The molecule has 1 aliphatic carbocycles. The third kappa shape index (κ3) is 2.39. The number of hydrogen-bond donors (Lipinski definition) is 0. The molecule has 2 atom stereocenters. The average Bonchev–Trinajstić information content (AvgIpc) is 2.60. The van der Waals surface area contributed by atoms with Crippen LogP contribution in [0.3, 0.4) is 0 Å². The van der Waals surface area contributed by atoms with E-state index in [2.05, 4.69) is 9.88 Å². The normalized spacial score (nSPS) is 25.0. The van der Waals surface area contributed by atoms with Gasteiger partial charge in [0.2, 0.25) is 0 Å². The number of rotatable bonds is 1. The van der Waals surface area contributed by atoms with E-state index in [1.54, 1.807) is 0 Å². The number of amides is 1. The molecule has 1 aromatic heterocycles. The lowest BCUT2D eigenvalue weighted by molar-refractivity contribution is 0.0385. The highest BCUT2D eigenvalue weighted by Gasteiger charge is 2.36. The van der Waals surface area contributed by atoms with Gasteiger partial charge < -0.3 is 4.90 Å². The lowest BCUT2D eigenvalue weighted by Gasteiger charge is -2.44. The first-order valence-corrected chi connectivity index (χ1v) is 8.50. The molecule has 0 N–H and O–H groups in total. The van der Waals surface area contributed by atoms with Crippen molar-refractivity contribution in [3.8, 4) is 0 Å². The number of pyridine rings is 1. The zero-order valence-electron chi connectivity index (χ0n) is 12.9. The van der Waals surface area contributed by atoms with E-state index in [0.717, 1.165) is 23.9 Å². The first kappa shape index (κ1) is 13.7. The molecule has 0 radical (unpaired) electrons. The molecule has 2 fully saturated rings. The Balaban J connectivity index is 1.64. The van der Waals surface area contributed by atoms with Crippen LogP contribution in [0.1, 0.15) is 49.0 Å². The largest absolute Gasteiger partial charge is 0.334 e. The third-order valence-electron chi connectivity index (χ3n) is 5.32. The molecule has 1 aliphatic heterocycles. The number of aromatic nitrogens is 1. The van der Waals surface area contributed by atoms with Crippen LogP contribution in [-0.4, -0.2) is 28.4 Å². The minimum atomic E-state index is 0.127. The molecule has 1 saturated carbocycles. The second-order valence-electron chi connectivity index (χ2n) is 6.64. The summed E-state index contributed by atoms with van der Waals surface area (Å²) in [4.78, 5) is 19.7. The van der Waals surface area contributed by atoms with E-state index in [9.17, 15) is 4.79 Å². The summed E-state index contributed by atoms with van der Waals surface area (Å²) in [6.45, 7) is 0.897. The Morgan fingerprint density at radius 1 is 1.00 bits per heavy atom. The molecule has 3 nitrogen and oxygen atoms in total. The molecule has 2 aliphatic rings. The zero-order valence-corrected chi connectivity index (χ0v) is 12.9. The van der Waals surface area contributed by atoms with Gasteiger partial charge >= 0.3 is 0 Å². The number of likely N-dealkylation sites (tertiary alicyclic amines) is 1. The van der Waals surface area contributed by atoms with Crippen molar-refractivity contribution in [1.29, 1.82) is 0 Å². The molecule has 2 heterocycles. The fourth-order valence-electron chi connectivity index (χ4n) is 4.21. The molecule has 2 aromatic rings. The van der Waals surface area contributed by atoms with E-state index in [-0.39, 0.29) is 5.91 Å². The monoisotopic (exact) mass is 294 g/mol. The van der Waals surface area contributed by atoms with Crippen LogP contribution < -0.4 is 0 Å². The van der Waals surface area contributed by atoms with Crippen molar-refractivity contribution in [3.63, 3.8) is 0 Å².